The van der Waals surface area contributed by atoms with Crippen molar-refractivity contribution in [2.24, 2.45) is 5.92 Å². The molecule has 0 saturated heterocycles. The third-order valence-corrected chi connectivity index (χ3v) is 9.34. The number of aromatic nitrogens is 2. The number of halogens is 1. The maximum absolute atomic E-state index is 13.3. The average Bonchev–Trinajstić information content (AvgIpc) is 3.17. The topological polar surface area (TPSA) is 89.3 Å². The third-order valence-electron chi connectivity index (χ3n) is 4.47. The zero-order chi connectivity index (χ0) is 19.3. The number of thioether (sulfide) groups is 1. The van der Waals surface area contributed by atoms with Crippen LogP contribution in [0.2, 0.25) is 0 Å². The molecule has 0 bridgehead atoms. The molecule has 1 saturated carbocycles. The van der Waals surface area contributed by atoms with E-state index in [0.29, 0.717) is 14.6 Å². The molecular formula is C17H15BrN2O4S3. The highest BCUT2D eigenvalue weighted by Gasteiger charge is 2.28. The van der Waals surface area contributed by atoms with Gasteiger partial charge < -0.3 is 9.67 Å². The number of benzene rings is 1. The molecule has 3 aromatic rings. The summed E-state index contributed by atoms with van der Waals surface area (Å²) < 4.78 is 29.6. The molecule has 0 unspecified atom stereocenters. The summed E-state index contributed by atoms with van der Waals surface area (Å²) in [5.41, 5.74) is 1.48. The minimum atomic E-state index is -3.86. The fourth-order valence-electron chi connectivity index (χ4n) is 2.90. The van der Waals surface area contributed by atoms with Crippen molar-refractivity contribution >= 4 is 65.9 Å². The van der Waals surface area contributed by atoms with Crippen molar-refractivity contribution in [1.82, 2.24) is 9.55 Å². The van der Waals surface area contributed by atoms with E-state index in [0.717, 1.165) is 28.9 Å². The van der Waals surface area contributed by atoms with Crippen molar-refractivity contribution in [3.63, 3.8) is 0 Å². The maximum Gasteiger partial charge on any atom is 0.345 e. The van der Waals surface area contributed by atoms with Crippen LogP contribution in [0.25, 0.3) is 11.0 Å². The van der Waals surface area contributed by atoms with Crippen molar-refractivity contribution < 1.29 is 18.3 Å². The molecule has 6 nitrogen and oxygen atoms in total. The number of sulfone groups is 1. The van der Waals surface area contributed by atoms with Gasteiger partial charge in [0.1, 0.15) is 10.4 Å². The van der Waals surface area contributed by atoms with Crippen LogP contribution in [0.15, 0.2) is 43.0 Å². The fraction of sp³-hybridized carbons (Fsp3) is 0.294. The van der Waals surface area contributed by atoms with Crippen LogP contribution < -0.4 is 0 Å². The van der Waals surface area contributed by atoms with Gasteiger partial charge in [0.2, 0.25) is 9.84 Å². The Labute approximate surface area is 172 Å². The standard InChI is InChI=1S/C17H15BrN2O4S3/c1-25-17-14(6-13(26-17)16(21)22)27(23,24)10-4-11(18)15-12(5-10)20(8-19-15)7-9-2-3-9/h4-6,8-9H,2-3,7H2,1H3,(H,21,22). The lowest BCUT2D eigenvalue weighted by Crippen LogP contribution is -2.04. The molecule has 1 N–H and O–H groups in total. The van der Waals surface area contributed by atoms with Gasteiger partial charge in [0.05, 0.1) is 25.8 Å². The lowest BCUT2D eigenvalue weighted by atomic mass is 10.3. The maximum atomic E-state index is 13.3. The molecule has 1 aliphatic carbocycles. The van der Waals surface area contributed by atoms with Crippen molar-refractivity contribution in [3.05, 3.63) is 33.9 Å². The highest BCUT2D eigenvalue weighted by molar-refractivity contribution is 9.10. The lowest BCUT2D eigenvalue weighted by Gasteiger charge is -2.08. The highest BCUT2D eigenvalue weighted by Crippen LogP contribution is 2.39. The molecule has 2 heterocycles. The van der Waals surface area contributed by atoms with E-state index in [9.17, 15) is 18.3 Å². The van der Waals surface area contributed by atoms with Gasteiger partial charge in [0.25, 0.3) is 0 Å². The Morgan fingerprint density at radius 2 is 2.15 bits per heavy atom. The van der Waals surface area contributed by atoms with Crippen molar-refractivity contribution in [2.75, 3.05) is 6.26 Å². The quantitative estimate of drug-likeness (QED) is 0.515. The van der Waals surface area contributed by atoms with Crippen molar-refractivity contribution in [3.8, 4) is 0 Å². The van der Waals surface area contributed by atoms with Gasteiger partial charge >= 0.3 is 5.97 Å². The number of nitrogens with zero attached hydrogens (tertiary/aromatic N) is 2. The van der Waals surface area contributed by atoms with Crippen LogP contribution in [0.1, 0.15) is 22.5 Å². The molecule has 0 atom stereocenters. The monoisotopic (exact) mass is 486 g/mol. The molecule has 0 radical (unpaired) electrons. The summed E-state index contributed by atoms with van der Waals surface area (Å²) in [5.74, 6) is -0.504. The van der Waals surface area contributed by atoms with Crippen molar-refractivity contribution in [2.45, 2.75) is 33.4 Å². The smallest absolute Gasteiger partial charge is 0.345 e. The van der Waals surface area contributed by atoms with Gasteiger partial charge in [-0.05, 0) is 59.1 Å². The van der Waals surface area contributed by atoms with E-state index >= 15 is 0 Å². The van der Waals surface area contributed by atoms with E-state index in [-0.39, 0.29) is 14.7 Å². The number of carboxylic acids is 1. The summed E-state index contributed by atoms with van der Waals surface area (Å²) in [7, 11) is -3.86. The Morgan fingerprint density at radius 1 is 1.41 bits per heavy atom. The van der Waals surface area contributed by atoms with Crippen LogP contribution in [-0.4, -0.2) is 35.3 Å². The van der Waals surface area contributed by atoms with E-state index in [1.54, 1.807) is 18.6 Å². The van der Waals surface area contributed by atoms with Gasteiger partial charge in [-0.1, -0.05) is 0 Å². The van der Waals surface area contributed by atoms with Gasteiger partial charge in [-0.2, -0.15) is 0 Å². The molecule has 4 rings (SSSR count). The van der Waals surface area contributed by atoms with E-state index in [1.807, 2.05) is 4.57 Å². The molecular weight excluding hydrogens is 472 g/mol. The Balaban J connectivity index is 1.86. The Kier molecular flexibility index (Phi) is 4.86. The first-order chi connectivity index (χ1) is 12.8. The van der Waals surface area contributed by atoms with Crippen LogP contribution in [0.4, 0.5) is 0 Å². The van der Waals surface area contributed by atoms with Crippen LogP contribution >= 0.6 is 39.0 Å². The minimum absolute atomic E-state index is 0.0110. The van der Waals surface area contributed by atoms with E-state index < -0.39 is 15.8 Å². The minimum Gasteiger partial charge on any atom is -0.477 e. The molecule has 1 aromatic carbocycles. The second kappa shape index (κ2) is 6.91. The first-order valence-electron chi connectivity index (χ1n) is 8.12. The summed E-state index contributed by atoms with van der Waals surface area (Å²) >= 11 is 5.64. The Hall–Kier alpha value is -1.36. The SMILES string of the molecule is CSc1sc(C(=O)O)cc1S(=O)(=O)c1cc(Br)c2ncn(CC3CC3)c2c1. The second-order valence-corrected chi connectivity index (χ2v) is 11.3. The van der Waals surface area contributed by atoms with Crippen LogP contribution in [0, 0.1) is 5.92 Å². The number of carbonyl (C=O) groups is 1. The molecule has 27 heavy (non-hydrogen) atoms. The van der Waals surface area contributed by atoms with E-state index in [1.165, 1.54) is 36.7 Å². The summed E-state index contributed by atoms with van der Waals surface area (Å²) in [4.78, 5) is 15.9. The number of rotatable bonds is 6. The normalized spacial score (nSPS) is 14.7. The zero-order valence-electron chi connectivity index (χ0n) is 14.2. The third kappa shape index (κ3) is 3.43. The number of thiophene rings is 1. The number of hydrogen-bond donors (Lipinski definition) is 1. The van der Waals surface area contributed by atoms with Crippen LogP contribution in [0.3, 0.4) is 0 Å². The van der Waals surface area contributed by atoms with Crippen molar-refractivity contribution in [1.29, 1.82) is 0 Å². The number of hydrogen-bond acceptors (Lipinski definition) is 6. The Morgan fingerprint density at radius 3 is 2.78 bits per heavy atom. The molecule has 0 aliphatic heterocycles. The predicted molar refractivity (Wildman–Crippen MR) is 109 cm³/mol. The summed E-state index contributed by atoms with van der Waals surface area (Å²) in [6.45, 7) is 0.824. The fourth-order valence-corrected chi connectivity index (χ4v) is 7.48. The lowest BCUT2D eigenvalue weighted by molar-refractivity contribution is 0.0702. The number of fused-ring (bicyclic) bond motifs is 1. The second-order valence-electron chi connectivity index (χ2n) is 6.39. The molecule has 1 aliphatic rings. The van der Waals surface area contributed by atoms with Gasteiger partial charge in [0, 0.05) is 11.0 Å². The molecule has 0 spiro atoms. The first-order valence-corrected chi connectivity index (χ1v) is 12.4. The molecule has 10 heteroatoms. The average molecular weight is 487 g/mol. The van der Waals surface area contributed by atoms with Gasteiger partial charge in [-0.3, -0.25) is 0 Å². The molecule has 0 amide bonds. The molecule has 2 aromatic heterocycles. The highest BCUT2D eigenvalue weighted by atomic mass is 79.9. The summed E-state index contributed by atoms with van der Waals surface area (Å²) in [5, 5.41) is 9.23. The van der Waals surface area contributed by atoms with Crippen LogP contribution in [0.5, 0.6) is 0 Å². The molecule has 142 valence electrons. The first kappa shape index (κ1) is 19.0. The van der Waals surface area contributed by atoms with Gasteiger partial charge in [-0.25, -0.2) is 18.2 Å². The van der Waals surface area contributed by atoms with Gasteiger partial charge in [-0.15, -0.1) is 23.1 Å². The molecule has 1 fully saturated rings. The Bertz CT molecular complexity index is 1160. The largest absolute Gasteiger partial charge is 0.477 e. The predicted octanol–water partition coefficient (Wildman–Crippen LogP) is 4.52. The van der Waals surface area contributed by atoms with Gasteiger partial charge in [0.15, 0.2) is 0 Å². The number of imidazole rings is 1. The summed E-state index contributed by atoms with van der Waals surface area (Å²) in [6.07, 6.45) is 5.84. The summed E-state index contributed by atoms with van der Waals surface area (Å²) in [6, 6.07) is 4.41. The van der Waals surface area contributed by atoms with E-state index in [2.05, 4.69) is 20.9 Å². The van der Waals surface area contributed by atoms with E-state index in [4.69, 9.17) is 0 Å². The zero-order valence-corrected chi connectivity index (χ0v) is 18.2. The number of aromatic carboxylic acids is 1. The van der Waals surface area contributed by atoms with Crippen LogP contribution in [-0.2, 0) is 16.4 Å². The number of carboxylic acid groups (broad SMARTS) is 1.